The minimum absolute atomic E-state index is 0.150. The molecule has 22 heavy (non-hydrogen) atoms. The standard InChI is InChI=1S/C18H23FN2O/c1-18(8-5-16(20)12-18)17(22)21-9-6-13(7-10-21)14-3-2-4-15(19)11-14/h2-4,6,11,16H,5,7-10,12,20H2,1H3/t16-,18-/m0/s1. The van der Waals surface area contributed by atoms with Gasteiger partial charge in [0.2, 0.25) is 5.91 Å². The highest BCUT2D eigenvalue weighted by atomic mass is 19.1. The number of benzene rings is 1. The van der Waals surface area contributed by atoms with Gasteiger partial charge in [-0.3, -0.25) is 4.79 Å². The number of hydrogen-bond donors (Lipinski definition) is 1. The molecule has 2 aliphatic rings. The summed E-state index contributed by atoms with van der Waals surface area (Å²) < 4.78 is 13.3. The van der Waals surface area contributed by atoms with Crippen LogP contribution in [0.5, 0.6) is 0 Å². The Hall–Kier alpha value is -1.68. The van der Waals surface area contributed by atoms with Gasteiger partial charge >= 0.3 is 0 Å². The summed E-state index contributed by atoms with van der Waals surface area (Å²) in [4.78, 5) is 14.7. The average molecular weight is 302 g/mol. The highest BCUT2D eigenvalue weighted by molar-refractivity contribution is 5.84. The van der Waals surface area contributed by atoms with E-state index in [2.05, 4.69) is 6.08 Å². The second-order valence-electron chi connectivity index (χ2n) is 6.80. The first-order chi connectivity index (χ1) is 10.5. The molecule has 0 spiro atoms. The lowest BCUT2D eigenvalue weighted by Gasteiger charge is -2.34. The van der Waals surface area contributed by atoms with Gasteiger partial charge in [0.05, 0.1) is 0 Å². The number of carbonyl (C=O) groups excluding carboxylic acids is 1. The van der Waals surface area contributed by atoms with E-state index in [4.69, 9.17) is 5.73 Å². The zero-order chi connectivity index (χ0) is 15.7. The number of amides is 1. The molecule has 118 valence electrons. The van der Waals surface area contributed by atoms with E-state index in [0.29, 0.717) is 13.1 Å². The molecule has 1 heterocycles. The topological polar surface area (TPSA) is 46.3 Å². The summed E-state index contributed by atoms with van der Waals surface area (Å²) in [5.74, 6) is -0.000599. The van der Waals surface area contributed by atoms with E-state index < -0.39 is 0 Å². The van der Waals surface area contributed by atoms with Gasteiger partial charge in [-0.05, 0) is 49.0 Å². The lowest BCUT2D eigenvalue weighted by Crippen LogP contribution is -2.43. The fraction of sp³-hybridized carbons (Fsp3) is 0.500. The van der Waals surface area contributed by atoms with E-state index in [1.165, 1.54) is 6.07 Å². The number of hydrogen-bond acceptors (Lipinski definition) is 2. The zero-order valence-corrected chi connectivity index (χ0v) is 13.0. The van der Waals surface area contributed by atoms with Crippen molar-refractivity contribution in [2.24, 2.45) is 11.1 Å². The van der Waals surface area contributed by atoms with E-state index in [9.17, 15) is 9.18 Å². The van der Waals surface area contributed by atoms with Crippen LogP contribution in [0.1, 0.15) is 38.2 Å². The smallest absolute Gasteiger partial charge is 0.228 e. The molecule has 1 amide bonds. The number of nitrogens with zero attached hydrogens (tertiary/aromatic N) is 1. The largest absolute Gasteiger partial charge is 0.338 e. The predicted molar refractivity (Wildman–Crippen MR) is 85.5 cm³/mol. The number of rotatable bonds is 2. The van der Waals surface area contributed by atoms with E-state index in [0.717, 1.165) is 36.8 Å². The molecule has 3 nitrogen and oxygen atoms in total. The highest BCUT2D eigenvalue weighted by Gasteiger charge is 2.42. The van der Waals surface area contributed by atoms with Crippen LogP contribution >= 0.6 is 0 Å². The van der Waals surface area contributed by atoms with Gasteiger partial charge in [-0.25, -0.2) is 4.39 Å². The molecule has 0 aromatic heterocycles. The van der Waals surface area contributed by atoms with Gasteiger partial charge in [0.15, 0.2) is 0 Å². The maximum Gasteiger partial charge on any atom is 0.228 e. The van der Waals surface area contributed by atoms with Gasteiger partial charge in [-0.15, -0.1) is 0 Å². The van der Waals surface area contributed by atoms with Crippen molar-refractivity contribution in [2.45, 2.75) is 38.6 Å². The van der Waals surface area contributed by atoms with Gasteiger partial charge in [0.25, 0.3) is 0 Å². The Balaban J connectivity index is 1.69. The molecule has 1 aromatic carbocycles. The summed E-state index contributed by atoms with van der Waals surface area (Å²) in [5.41, 5.74) is 7.71. The van der Waals surface area contributed by atoms with E-state index in [1.54, 1.807) is 12.1 Å². The third-order valence-corrected chi connectivity index (χ3v) is 4.99. The normalized spacial score (nSPS) is 28.6. The SMILES string of the molecule is C[C@]1(C(=O)N2CC=C(c3cccc(F)c3)CC2)CC[C@H](N)C1. The lowest BCUT2D eigenvalue weighted by atomic mass is 9.86. The van der Waals surface area contributed by atoms with Gasteiger partial charge in [0, 0.05) is 24.5 Å². The first kappa shape index (κ1) is 15.2. The Kier molecular flexibility index (Phi) is 4.04. The van der Waals surface area contributed by atoms with Crippen LogP contribution in [-0.2, 0) is 4.79 Å². The molecule has 4 heteroatoms. The molecule has 1 fully saturated rings. The first-order valence-electron chi connectivity index (χ1n) is 7.98. The first-order valence-corrected chi connectivity index (χ1v) is 7.98. The van der Waals surface area contributed by atoms with Crippen molar-refractivity contribution >= 4 is 11.5 Å². The predicted octanol–water partition coefficient (Wildman–Crippen LogP) is 2.96. The molecule has 0 bridgehead atoms. The molecule has 0 saturated heterocycles. The summed E-state index contributed by atoms with van der Waals surface area (Å²) in [6.45, 7) is 3.34. The third-order valence-electron chi connectivity index (χ3n) is 4.99. The zero-order valence-electron chi connectivity index (χ0n) is 13.0. The van der Waals surface area contributed by atoms with Crippen molar-refractivity contribution in [3.05, 3.63) is 41.7 Å². The third kappa shape index (κ3) is 2.93. The Morgan fingerprint density at radius 3 is 2.86 bits per heavy atom. The Labute approximate surface area is 131 Å². The van der Waals surface area contributed by atoms with Crippen molar-refractivity contribution in [3.8, 4) is 0 Å². The van der Waals surface area contributed by atoms with Crippen LogP contribution in [0.15, 0.2) is 30.3 Å². The van der Waals surface area contributed by atoms with Crippen molar-refractivity contribution < 1.29 is 9.18 Å². The Morgan fingerprint density at radius 2 is 2.27 bits per heavy atom. The van der Waals surface area contributed by atoms with Crippen molar-refractivity contribution in [2.75, 3.05) is 13.1 Å². The van der Waals surface area contributed by atoms with E-state index >= 15 is 0 Å². The number of carbonyl (C=O) groups is 1. The van der Waals surface area contributed by atoms with Gasteiger partial charge < -0.3 is 10.6 Å². The summed E-state index contributed by atoms with van der Waals surface area (Å²) in [6.07, 6.45) is 5.42. The van der Waals surface area contributed by atoms with E-state index in [-0.39, 0.29) is 23.2 Å². The fourth-order valence-electron chi connectivity index (χ4n) is 3.67. The number of halogens is 1. The van der Waals surface area contributed by atoms with Crippen LogP contribution in [0, 0.1) is 11.2 Å². The second kappa shape index (κ2) is 5.84. The lowest BCUT2D eigenvalue weighted by molar-refractivity contribution is -0.140. The molecule has 0 unspecified atom stereocenters. The molecule has 1 saturated carbocycles. The summed E-state index contributed by atoms with van der Waals surface area (Å²) >= 11 is 0. The van der Waals surface area contributed by atoms with Gasteiger partial charge in [-0.2, -0.15) is 0 Å². The summed E-state index contributed by atoms with van der Waals surface area (Å²) in [7, 11) is 0. The molecule has 1 aliphatic carbocycles. The quantitative estimate of drug-likeness (QED) is 0.913. The Morgan fingerprint density at radius 1 is 1.45 bits per heavy atom. The van der Waals surface area contributed by atoms with Gasteiger partial charge in [0.1, 0.15) is 5.82 Å². The van der Waals surface area contributed by atoms with Crippen LogP contribution in [-0.4, -0.2) is 29.9 Å². The van der Waals surface area contributed by atoms with Crippen LogP contribution < -0.4 is 5.73 Å². The maximum absolute atomic E-state index is 13.3. The second-order valence-corrected chi connectivity index (χ2v) is 6.80. The van der Waals surface area contributed by atoms with Gasteiger partial charge in [-0.1, -0.05) is 25.1 Å². The Bertz CT molecular complexity index is 613. The molecule has 0 radical (unpaired) electrons. The van der Waals surface area contributed by atoms with Crippen LogP contribution in [0.25, 0.3) is 5.57 Å². The summed E-state index contributed by atoms with van der Waals surface area (Å²) in [5, 5.41) is 0. The molecule has 1 aromatic rings. The van der Waals surface area contributed by atoms with Crippen molar-refractivity contribution in [3.63, 3.8) is 0 Å². The summed E-state index contributed by atoms with van der Waals surface area (Å²) in [6, 6.07) is 6.80. The molecule has 2 atom stereocenters. The van der Waals surface area contributed by atoms with Crippen LogP contribution in [0.3, 0.4) is 0 Å². The molecular formula is C18H23FN2O. The highest BCUT2D eigenvalue weighted by Crippen LogP contribution is 2.39. The fourth-order valence-corrected chi connectivity index (χ4v) is 3.67. The van der Waals surface area contributed by atoms with E-state index in [1.807, 2.05) is 17.9 Å². The van der Waals surface area contributed by atoms with Crippen molar-refractivity contribution in [1.29, 1.82) is 0 Å². The minimum Gasteiger partial charge on any atom is -0.338 e. The molecule has 2 N–H and O–H groups in total. The minimum atomic E-state index is -0.302. The van der Waals surface area contributed by atoms with Crippen molar-refractivity contribution in [1.82, 2.24) is 4.90 Å². The van der Waals surface area contributed by atoms with Crippen LogP contribution in [0.4, 0.5) is 4.39 Å². The number of nitrogens with two attached hydrogens (primary N) is 1. The molecular weight excluding hydrogens is 279 g/mol. The van der Waals surface area contributed by atoms with Crippen LogP contribution in [0.2, 0.25) is 0 Å². The molecule has 3 rings (SSSR count). The average Bonchev–Trinajstić information content (AvgIpc) is 2.87. The molecule has 1 aliphatic heterocycles. The maximum atomic E-state index is 13.3. The monoisotopic (exact) mass is 302 g/mol.